The molecule has 2 aliphatic rings. The summed E-state index contributed by atoms with van der Waals surface area (Å²) >= 11 is 0. The van der Waals surface area contributed by atoms with Crippen LogP contribution < -0.4 is 10.1 Å². The predicted molar refractivity (Wildman–Crippen MR) is 73.9 cm³/mol. The van der Waals surface area contributed by atoms with Crippen LogP contribution in [-0.2, 0) is 0 Å². The first-order chi connectivity index (χ1) is 9.98. The normalized spacial score (nSPS) is 29.0. The molecule has 2 saturated carbocycles. The zero-order chi connectivity index (χ0) is 15.0. The van der Waals surface area contributed by atoms with Crippen molar-refractivity contribution >= 4 is 0 Å². The van der Waals surface area contributed by atoms with Gasteiger partial charge in [0.15, 0.2) is 0 Å². The van der Waals surface area contributed by atoms with E-state index in [2.05, 4.69) is 10.1 Å². The van der Waals surface area contributed by atoms with E-state index in [-0.39, 0.29) is 11.8 Å². The molecule has 1 aromatic carbocycles. The average molecular weight is 299 g/mol. The fourth-order valence-electron chi connectivity index (χ4n) is 3.74. The molecule has 1 aromatic rings. The van der Waals surface area contributed by atoms with Crippen molar-refractivity contribution in [2.75, 3.05) is 6.54 Å². The van der Waals surface area contributed by atoms with E-state index in [0.717, 1.165) is 31.2 Å². The molecule has 0 saturated heterocycles. The lowest BCUT2D eigenvalue weighted by Gasteiger charge is -2.28. The molecule has 0 amide bonds. The molecule has 3 atom stereocenters. The highest BCUT2D eigenvalue weighted by Crippen LogP contribution is 2.57. The molecule has 0 heterocycles. The molecule has 0 aliphatic heterocycles. The molecule has 0 bridgehead atoms. The van der Waals surface area contributed by atoms with Crippen LogP contribution in [0.15, 0.2) is 24.3 Å². The number of fused-ring (bicyclic) bond motifs is 1. The summed E-state index contributed by atoms with van der Waals surface area (Å²) in [6.07, 6.45) is -1.12. The Morgan fingerprint density at radius 2 is 1.86 bits per heavy atom. The fourth-order valence-corrected chi connectivity index (χ4v) is 3.74. The molecule has 21 heavy (non-hydrogen) atoms. The van der Waals surface area contributed by atoms with Gasteiger partial charge in [-0.05, 0) is 49.6 Å². The number of hydrogen-bond donors (Lipinski definition) is 1. The van der Waals surface area contributed by atoms with Gasteiger partial charge in [0.2, 0.25) is 0 Å². The number of hydrogen-bond acceptors (Lipinski definition) is 2. The summed E-state index contributed by atoms with van der Waals surface area (Å²) in [7, 11) is 0. The first kappa shape index (κ1) is 14.7. The summed E-state index contributed by atoms with van der Waals surface area (Å²) in [6.45, 7) is 2.72. The van der Waals surface area contributed by atoms with Crippen molar-refractivity contribution in [1.29, 1.82) is 0 Å². The molecule has 5 heteroatoms. The molecule has 1 N–H and O–H groups in total. The van der Waals surface area contributed by atoms with E-state index in [9.17, 15) is 13.2 Å². The Morgan fingerprint density at radius 1 is 1.19 bits per heavy atom. The Bertz CT molecular complexity index is 493. The second-order valence-corrected chi connectivity index (χ2v) is 6.11. The number of nitrogens with one attached hydrogen (secondary N) is 1. The summed E-state index contributed by atoms with van der Waals surface area (Å²) in [6, 6.07) is 6.46. The van der Waals surface area contributed by atoms with Crippen LogP contribution in [0.3, 0.4) is 0 Å². The van der Waals surface area contributed by atoms with E-state index in [1.165, 1.54) is 12.5 Å². The third-order valence-corrected chi connectivity index (χ3v) is 4.66. The van der Waals surface area contributed by atoms with E-state index >= 15 is 0 Å². The van der Waals surface area contributed by atoms with Crippen molar-refractivity contribution in [3.63, 3.8) is 0 Å². The monoisotopic (exact) mass is 299 g/mol. The van der Waals surface area contributed by atoms with Gasteiger partial charge in [-0.1, -0.05) is 25.1 Å². The van der Waals surface area contributed by atoms with Crippen LogP contribution in [-0.4, -0.2) is 12.9 Å². The van der Waals surface area contributed by atoms with Gasteiger partial charge in [0.05, 0.1) is 0 Å². The predicted octanol–water partition coefficient (Wildman–Crippen LogP) is 4.28. The lowest BCUT2D eigenvalue weighted by Crippen LogP contribution is -2.29. The first-order valence-electron chi connectivity index (χ1n) is 7.56. The van der Waals surface area contributed by atoms with Gasteiger partial charge in [0, 0.05) is 11.6 Å². The van der Waals surface area contributed by atoms with E-state index in [1.807, 2.05) is 6.92 Å². The van der Waals surface area contributed by atoms with Crippen molar-refractivity contribution in [2.24, 2.45) is 17.8 Å². The Balaban J connectivity index is 1.84. The molecule has 3 rings (SSSR count). The van der Waals surface area contributed by atoms with Crippen LogP contribution in [0.4, 0.5) is 13.2 Å². The maximum Gasteiger partial charge on any atom is 0.573 e. The minimum atomic E-state index is -4.65. The zero-order valence-corrected chi connectivity index (χ0v) is 12.0. The molecule has 0 aromatic heterocycles. The van der Waals surface area contributed by atoms with Crippen molar-refractivity contribution in [3.8, 4) is 5.75 Å². The molecule has 116 valence electrons. The average Bonchev–Trinajstić information content (AvgIpc) is 3.02. The van der Waals surface area contributed by atoms with Crippen LogP contribution in [0, 0.1) is 17.8 Å². The van der Waals surface area contributed by atoms with Gasteiger partial charge in [-0.25, -0.2) is 0 Å². The van der Waals surface area contributed by atoms with Gasteiger partial charge >= 0.3 is 6.36 Å². The van der Waals surface area contributed by atoms with Crippen molar-refractivity contribution in [2.45, 2.75) is 38.6 Å². The van der Waals surface area contributed by atoms with E-state index in [4.69, 9.17) is 0 Å². The van der Waals surface area contributed by atoms with Crippen LogP contribution in [0.5, 0.6) is 5.75 Å². The van der Waals surface area contributed by atoms with E-state index < -0.39 is 6.36 Å². The van der Waals surface area contributed by atoms with Crippen molar-refractivity contribution in [1.82, 2.24) is 5.32 Å². The number of benzene rings is 1. The Morgan fingerprint density at radius 3 is 2.48 bits per heavy atom. The van der Waals surface area contributed by atoms with Crippen LogP contribution in [0.25, 0.3) is 0 Å². The van der Waals surface area contributed by atoms with E-state index in [0.29, 0.717) is 11.5 Å². The highest BCUT2D eigenvalue weighted by Gasteiger charge is 2.48. The third kappa shape index (κ3) is 3.34. The SMILES string of the molecule is CCNC(c1ccccc1OC(F)(F)F)C1CC2CC2C1. The van der Waals surface area contributed by atoms with Gasteiger partial charge in [-0.2, -0.15) is 0 Å². The number of rotatable bonds is 5. The Labute approximate surface area is 122 Å². The molecule has 0 spiro atoms. The molecule has 2 fully saturated rings. The highest BCUT2D eigenvalue weighted by atomic mass is 19.4. The summed E-state index contributed by atoms with van der Waals surface area (Å²) in [5, 5.41) is 3.36. The van der Waals surface area contributed by atoms with Crippen LogP contribution in [0.2, 0.25) is 0 Å². The standard InChI is InChI=1S/C16H20F3NO/c1-2-20-15(12-8-10-7-11(10)9-12)13-5-3-4-6-14(13)21-16(17,18)19/h3-6,10-12,15,20H,2,7-9H2,1H3. The zero-order valence-electron chi connectivity index (χ0n) is 12.0. The number of alkyl halides is 3. The van der Waals surface area contributed by atoms with Gasteiger partial charge in [-0.3, -0.25) is 0 Å². The minimum Gasteiger partial charge on any atom is -0.405 e. The van der Waals surface area contributed by atoms with Crippen molar-refractivity contribution in [3.05, 3.63) is 29.8 Å². The van der Waals surface area contributed by atoms with Gasteiger partial charge in [-0.15, -0.1) is 13.2 Å². The van der Waals surface area contributed by atoms with Crippen LogP contribution in [0.1, 0.15) is 37.8 Å². The van der Waals surface area contributed by atoms with Gasteiger partial charge in [0.1, 0.15) is 5.75 Å². The van der Waals surface area contributed by atoms with Gasteiger partial charge in [0.25, 0.3) is 0 Å². The quantitative estimate of drug-likeness (QED) is 0.876. The summed E-state index contributed by atoms with van der Waals surface area (Å²) in [4.78, 5) is 0. The smallest absolute Gasteiger partial charge is 0.405 e. The lowest BCUT2D eigenvalue weighted by molar-refractivity contribution is -0.275. The summed E-state index contributed by atoms with van der Waals surface area (Å²) < 4.78 is 41.9. The summed E-state index contributed by atoms with van der Waals surface area (Å²) in [5.41, 5.74) is 0.628. The van der Waals surface area contributed by atoms with E-state index in [1.54, 1.807) is 18.2 Å². The third-order valence-electron chi connectivity index (χ3n) is 4.66. The Hall–Kier alpha value is -1.23. The van der Waals surface area contributed by atoms with Crippen LogP contribution >= 0.6 is 0 Å². The number of ether oxygens (including phenoxy) is 1. The van der Waals surface area contributed by atoms with Crippen molar-refractivity contribution < 1.29 is 17.9 Å². The summed E-state index contributed by atoms with van der Waals surface area (Å²) in [5.74, 6) is 1.93. The molecule has 3 unspecified atom stereocenters. The highest BCUT2D eigenvalue weighted by molar-refractivity contribution is 5.37. The first-order valence-corrected chi connectivity index (χ1v) is 7.56. The fraction of sp³-hybridized carbons (Fsp3) is 0.625. The molecular formula is C16H20F3NO. The maximum atomic E-state index is 12.6. The number of halogens is 3. The molecule has 0 radical (unpaired) electrons. The molecular weight excluding hydrogens is 279 g/mol. The minimum absolute atomic E-state index is 0.0543. The lowest BCUT2D eigenvalue weighted by atomic mass is 9.88. The maximum absolute atomic E-state index is 12.6. The second kappa shape index (κ2) is 5.52. The largest absolute Gasteiger partial charge is 0.573 e. The van der Waals surface area contributed by atoms with Gasteiger partial charge < -0.3 is 10.1 Å². The topological polar surface area (TPSA) is 21.3 Å². The second-order valence-electron chi connectivity index (χ2n) is 6.11. The molecule has 2 aliphatic carbocycles. The molecule has 2 nitrogen and oxygen atoms in total. The number of para-hydroxylation sites is 1. The Kier molecular flexibility index (Phi) is 3.86.